The van der Waals surface area contributed by atoms with Crippen molar-refractivity contribution in [1.29, 1.82) is 0 Å². The van der Waals surface area contributed by atoms with E-state index in [-0.39, 0.29) is 16.9 Å². The summed E-state index contributed by atoms with van der Waals surface area (Å²) >= 11 is 14.9. The minimum absolute atomic E-state index is 0.0148. The van der Waals surface area contributed by atoms with Crippen molar-refractivity contribution in [3.8, 4) is 0 Å². The highest BCUT2D eigenvalue weighted by molar-refractivity contribution is 9.12. The van der Waals surface area contributed by atoms with Crippen LogP contribution in [0.15, 0.2) is 0 Å². The monoisotopic (exact) mass is 491 g/mol. The van der Waals surface area contributed by atoms with Gasteiger partial charge in [0.2, 0.25) is 5.91 Å². The number of carbonyl (C=O) groups excluding carboxylic acids is 1. The molecule has 2 saturated carbocycles. The molecule has 1 saturated heterocycles. The molecule has 0 radical (unpaired) electrons. The average molecular weight is 495 g/mol. The number of hydrogen-bond donors (Lipinski definition) is 1. The van der Waals surface area contributed by atoms with Crippen LogP contribution in [0.2, 0.25) is 0 Å². The van der Waals surface area contributed by atoms with Gasteiger partial charge >= 0.3 is 0 Å². The first-order valence-electron chi connectivity index (χ1n) is 5.79. The quantitative estimate of drug-likeness (QED) is 0.405. The van der Waals surface area contributed by atoms with E-state index >= 15 is 0 Å². The van der Waals surface area contributed by atoms with Gasteiger partial charge in [-0.2, -0.15) is 0 Å². The summed E-state index contributed by atoms with van der Waals surface area (Å²) in [6.07, 6.45) is 3.93. The lowest BCUT2D eigenvalue weighted by atomic mass is 9.49. The number of rotatable bonds is 0. The Kier molecular flexibility index (Phi) is 3.30. The Hall–Kier alpha value is 1.39. The third-order valence-corrected chi connectivity index (χ3v) is 9.93. The average Bonchev–Trinajstić information content (AvgIpc) is 2.24. The fourth-order valence-corrected chi connectivity index (χ4v) is 6.65. The summed E-state index contributed by atoms with van der Waals surface area (Å²) in [7, 11) is 0. The molecule has 0 aromatic heterocycles. The van der Waals surface area contributed by atoms with Crippen LogP contribution in [0.25, 0.3) is 0 Å². The molecule has 0 unspecified atom stereocenters. The standard InChI is InChI=1S/C11H13Br4NO/c12-5-1-10-2-6(13)8(15)4-11(10,3-7(5)14)16-9(10)17/h5-8H,1-4H2,(H,16,17)/t5-,6-,7+,8+,10?,11?/m0/s1. The molecule has 3 fully saturated rings. The molecule has 96 valence electrons. The van der Waals surface area contributed by atoms with Gasteiger partial charge < -0.3 is 5.32 Å². The maximum absolute atomic E-state index is 12.1. The van der Waals surface area contributed by atoms with E-state index in [4.69, 9.17) is 0 Å². The number of carbonyl (C=O) groups is 1. The van der Waals surface area contributed by atoms with Gasteiger partial charge in [0, 0.05) is 19.3 Å². The fourth-order valence-electron chi connectivity index (χ4n) is 3.69. The van der Waals surface area contributed by atoms with Gasteiger partial charge in [0.15, 0.2) is 0 Å². The first-order valence-corrected chi connectivity index (χ1v) is 9.45. The molecule has 3 rings (SSSR count). The zero-order chi connectivity index (χ0) is 12.4. The number of β-lactam (4-membered cyclic amide) rings is 1. The number of amides is 1. The lowest BCUT2D eigenvalue weighted by Crippen LogP contribution is -2.82. The van der Waals surface area contributed by atoms with Crippen molar-refractivity contribution in [2.24, 2.45) is 5.41 Å². The maximum atomic E-state index is 12.1. The lowest BCUT2D eigenvalue weighted by molar-refractivity contribution is -0.167. The predicted molar refractivity (Wildman–Crippen MR) is 82.6 cm³/mol. The molecule has 3 aliphatic rings. The molecule has 0 aromatic carbocycles. The highest BCUT2D eigenvalue weighted by atomic mass is 79.9. The second-order valence-corrected chi connectivity index (χ2v) is 10.2. The molecule has 1 aliphatic heterocycles. The summed E-state index contributed by atoms with van der Waals surface area (Å²) in [5, 5.41) is 3.21. The topological polar surface area (TPSA) is 29.1 Å². The van der Waals surface area contributed by atoms with Gasteiger partial charge in [0.25, 0.3) is 0 Å². The summed E-state index contributed by atoms with van der Waals surface area (Å²) in [6.45, 7) is 0. The van der Waals surface area contributed by atoms with E-state index in [9.17, 15) is 4.79 Å². The fraction of sp³-hybridized carbons (Fsp3) is 0.909. The van der Waals surface area contributed by atoms with Crippen molar-refractivity contribution in [2.75, 3.05) is 0 Å². The van der Waals surface area contributed by atoms with Crippen LogP contribution in [0.4, 0.5) is 0 Å². The van der Waals surface area contributed by atoms with Crippen LogP contribution in [0.1, 0.15) is 25.7 Å². The Morgan fingerprint density at radius 2 is 1.29 bits per heavy atom. The van der Waals surface area contributed by atoms with Crippen molar-refractivity contribution in [1.82, 2.24) is 5.32 Å². The van der Waals surface area contributed by atoms with Crippen LogP contribution >= 0.6 is 63.7 Å². The van der Waals surface area contributed by atoms with Crippen molar-refractivity contribution in [2.45, 2.75) is 50.5 Å². The molecule has 4 atom stereocenters. The minimum atomic E-state index is -0.149. The van der Waals surface area contributed by atoms with Gasteiger partial charge in [-0.05, 0) is 25.7 Å². The molecule has 0 spiro atoms. The molecule has 0 aromatic rings. The van der Waals surface area contributed by atoms with E-state index in [1.54, 1.807) is 0 Å². The van der Waals surface area contributed by atoms with Gasteiger partial charge in [-0.1, -0.05) is 63.7 Å². The number of nitrogens with one attached hydrogen (secondary N) is 1. The Balaban J connectivity index is 1.97. The van der Waals surface area contributed by atoms with Gasteiger partial charge in [0.1, 0.15) is 0 Å². The van der Waals surface area contributed by atoms with E-state index in [1.165, 1.54) is 0 Å². The van der Waals surface area contributed by atoms with Crippen molar-refractivity contribution in [3.05, 3.63) is 0 Å². The smallest absolute Gasteiger partial charge is 0.229 e. The molecule has 1 amide bonds. The molecule has 2 aliphatic carbocycles. The van der Waals surface area contributed by atoms with Gasteiger partial charge in [-0.15, -0.1) is 0 Å². The van der Waals surface area contributed by atoms with Crippen LogP contribution < -0.4 is 5.32 Å². The van der Waals surface area contributed by atoms with Crippen molar-refractivity contribution in [3.63, 3.8) is 0 Å². The Bertz CT molecular complexity index is 354. The maximum Gasteiger partial charge on any atom is 0.229 e. The molecular formula is C11H13Br4NO. The Labute approximate surface area is 135 Å². The van der Waals surface area contributed by atoms with Crippen LogP contribution in [0, 0.1) is 5.41 Å². The second-order valence-electron chi connectivity index (χ2n) is 5.50. The third-order valence-electron chi connectivity index (χ3n) is 4.66. The number of hydrogen-bond acceptors (Lipinski definition) is 1. The van der Waals surface area contributed by atoms with E-state index in [1.807, 2.05) is 0 Å². The molecular weight excluding hydrogens is 482 g/mol. The number of alkyl halides is 4. The Morgan fingerprint density at radius 3 is 1.71 bits per heavy atom. The molecule has 6 heteroatoms. The third kappa shape index (κ3) is 1.69. The Morgan fingerprint density at radius 1 is 0.882 bits per heavy atom. The van der Waals surface area contributed by atoms with Gasteiger partial charge in [0.05, 0.1) is 11.0 Å². The number of halogens is 4. The summed E-state index contributed by atoms with van der Waals surface area (Å²) in [4.78, 5) is 13.8. The lowest BCUT2D eigenvalue weighted by Gasteiger charge is -2.67. The van der Waals surface area contributed by atoms with Gasteiger partial charge in [-0.25, -0.2) is 0 Å². The minimum Gasteiger partial charge on any atom is -0.349 e. The normalized spacial score (nSPS) is 57.5. The molecule has 17 heavy (non-hydrogen) atoms. The molecule has 2 nitrogen and oxygen atoms in total. The van der Waals surface area contributed by atoms with Crippen LogP contribution in [0.3, 0.4) is 0 Å². The van der Waals surface area contributed by atoms with E-state index < -0.39 is 0 Å². The van der Waals surface area contributed by atoms with Crippen molar-refractivity contribution < 1.29 is 4.79 Å². The summed E-state index contributed by atoms with van der Waals surface area (Å²) in [5.74, 6) is 0.255. The largest absolute Gasteiger partial charge is 0.349 e. The van der Waals surface area contributed by atoms with E-state index in [0.717, 1.165) is 25.7 Å². The van der Waals surface area contributed by atoms with Crippen LogP contribution in [-0.2, 0) is 4.79 Å². The zero-order valence-electron chi connectivity index (χ0n) is 9.06. The summed E-state index contributed by atoms with van der Waals surface area (Å²) < 4.78 is 0. The predicted octanol–water partition coefficient (Wildman–Crippen LogP) is 3.48. The second kappa shape index (κ2) is 4.19. The van der Waals surface area contributed by atoms with Crippen LogP contribution in [-0.4, -0.2) is 30.8 Å². The van der Waals surface area contributed by atoms with Crippen LogP contribution in [0.5, 0.6) is 0 Å². The molecule has 1 N–H and O–H groups in total. The SMILES string of the molecule is O=C1NC23C[C@@H](Br)[C@@H](Br)CC12C[C@H](Br)[C@H](Br)C3. The molecule has 1 heterocycles. The first-order chi connectivity index (χ1) is 7.90. The van der Waals surface area contributed by atoms with Crippen molar-refractivity contribution >= 4 is 69.6 Å². The van der Waals surface area contributed by atoms with Gasteiger partial charge in [-0.3, -0.25) is 4.79 Å². The summed E-state index contributed by atoms with van der Waals surface area (Å²) in [5.41, 5.74) is -0.134. The summed E-state index contributed by atoms with van der Waals surface area (Å²) in [6, 6.07) is 0. The highest BCUT2D eigenvalue weighted by Crippen LogP contribution is 2.62. The highest BCUT2D eigenvalue weighted by Gasteiger charge is 2.71. The first kappa shape index (κ1) is 13.4. The molecule has 0 bridgehead atoms. The van der Waals surface area contributed by atoms with E-state index in [0.29, 0.717) is 19.3 Å². The van der Waals surface area contributed by atoms with E-state index in [2.05, 4.69) is 69.0 Å². The zero-order valence-corrected chi connectivity index (χ0v) is 15.4.